The van der Waals surface area contributed by atoms with Crippen LogP contribution in [0.15, 0.2) is 12.1 Å². The SMILES string of the molecule is CCCN(CCC)C(=O)NCCc1cc(OC)c(OC)c(OC)c1. The Balaban J connectivity index is 2.68. The van der Waals surface area contributed by atoms with E-state index in [1.54, 1.807) is 21.3 Å². The van der Waals surface area contributed by atoms with Crippen molar-refractivity contribution in [2.45, 2.75) is 33.1 Å². The van der Waals surface area contributed by atoms with Crippen molar-refractivity contribution in [2.24, 2.45) is 0 Å². The number of urea groups is 1. The summed E-state index contributed by atoms with van der Waals surface area (Å²) in [5.74, 6) is 1.82. The van der Waals surface area contributed by atoms with Gasteiger partial charge in [0.1, 0.15) is 0 Å². The molecule has 0 fully saturated rings. The van der Waals surface area contributed by atoms with Gasteiger partial charge in [0, 0.05) is 19.6 Å². The maximum Gasteiger partial charge on any atom is 0.317 e. The summed E-state index contributed by atoms with van der Waals surface area (Å²) in [6, 6.07) is 3.80. The molecule has 0 saturated carbocycles. The van der Waals surface area contributed by atoms with Crippen LogP contribution in [0.1, 0.15) is 32.3 Å². The molecule has 1 aromatic carbocycles. The number of nitrogens with zero attached hydrogens (tertiary/aromatic N) is 1. The van der Waals surface area contributed by atoms with Crippen LogP contribution in [0.3, 0.4) is 0 Å². The summed E-state index contributed by atoms with van der Waals surface area (Å²) in [5, 5.41) is 2.98. The van der Waals surface area contributed by atoms with Crippen molar-refractivity contribution < 1.29 is 19.0 Å². The maximum absolute atomic E-state index is 12.2. The Morgan fingerprint density at radius 1 is 1.00 bits per heavy atom. The standard InChI is InChI=1S/C18H30N2O4/c1-6-10-20(11-7-2)18(21)19-9-8-14-12-15(22-3)17(24-5)16(13-14)23-4/h12-13H,6-11H2,1-5H3,(H,19,21). The van der Waals surface area contributed by atoms with Crippen LogP contribution in [0.4, 0.5) is 4.79 Å². The highest BCUT2D eigenvalue weighted by atomic mass is 16.5. The maximum atomic E-state index is 12.2. The lowest BCUT2D eigenvalue weighted by atomic mass is 10.1. The molecular weight excluding hydrogens is 308 g/mol. The van der Waals surface area contributed by atoms with Crippen molar-refractivity contribution in [3.05, 3.63) is 17.7 Å². The Bertz CT molecular complexity index is 489. The van der Waals surface area contributed by atoms with E-state index in [1.165, 1.54) is 0 Å². The van der Waals surface area contributed by atoms with E-state index in [1.807, 2.05) is 17.0 Å². The molecule has 0 spiro atoms. The number of hydrogen-bond acceptors (Lipinski definition) is 4. The van der Waals surface area contributed by atoms with Crippen molar-refractivity contribution in [1.29, 1.82) is 0 Å². The van der Waals surface area contributed by atoms with Gasteiger partial charge in [-0.2, -0.15) is 0 Å². The minimum Gasteiger partial charge on any atom is -0.493 e. The van der Waals surface area contributed by atoms with Crippen LogP contribution in [-0.2, 0) is 6.42 Å². The predicted molar refractivity (Wildman–Crippen MR) is 95.4 cm³/mol. The molecule has 0 atom stereocenters. The molecule has 0 saturated heterocycles. The lowest BCUT2D eigenvalue weighted by Gasteiger charge is -2.22. The zero-order valence-corrected chi connectivity index (χ0v) is 15.5. The number of carbonyl (C=O) groups is 1. The van der Waals surface area contributed by atoms with Crippen LogP contribution in [0.5, 0.6) is 17.2 Å². The summed E-state index contributed by atoms with van der Waals surface area (Å²) in [7, 11) is 4.77. The number of benzene rings is 1. The smallest absolute Gasteiger partial charge is 0.317 e. The largest absolute Gasteiger partial charge is 0.493 e. The molecule has 1 rings (SSSR count). The fourth-order valence-corrected chi connectivity index (χ4v) is 2.56. The van der Waals surface area contributed by atoms with Crippen molar-refractivity contribution in [3.63, 3.8) is 0 Å². The van der Waals surface area contributed by atoms with Gasteiger partial charge in [-0.1, -0.05) is 13.8 Å². The quantitative estimate of drug-likeness (QED) is 0.712. The van der Waals surface area contributed by atoms with Crippen LogP contribution in [0.25, 0.3) is 0 Å². The molecule has 6 nitrogen and oxygen atoms in total. The first-order valence-electron chi connectivity index (χ1n) is 8.42. The molecule has 1 aromatic rings. The van der Waals surface area contributed by atoms with E-state index in [0.29, 0.717) is 30.2 Å². The summed E-state index contributed by atoms with van der Waals surface area (Å²) < 4.78 is 16.0. The van der Waals surface area contributed by atoms with Crippen LogP contribution in [0.2, 0.25) is 0 Å². The van der Waals surface area contributed by atoms with Gasteiger partial charge < -0.3 is 24.4 Å². The van der Waals surface area contributed by atoms with E-state index in [-0.39, 0.29) is 6.03 Å². The molecule has 2 amide bonds. The van der Waals surface area contributed by atoms with E-state index in [2.05, 4.69) is 19.2 Å². The first kappa shape index (κ1) is 19.9. The van der Waals surface area contributed by atoms with Crippen molar-refractivity contribution in [1.82, 2.24) is 10.2 Å². The second-order valence-electron chi connectivity index (χ2n) is 5.50. The van der Waals surface area contributed by atoms with Gasteiger partial charge >= 0.3 is 6.03 Å². The number of methoxy groups -OCH3 is 3. The zero-order chi connectivity index (χ0) is 17.9. The Morgan fingerprint density at radius 2 is 1.54 bits per heavy atom. The van der Waals surface area contributed by atoms with E-state index < -0.39 is 0 Å². The van der Waals surface area contributed by atoms with Gasteiger partial charge in [0.2, 0.25) is 5.75 Å². The third-order valence-corrected chi connectivity index (χ3v) is 3.69. The molecule has 6 heteroatoms. The molecule has 24 heavy (non-hydrogen) atoms. The monoisotopic (exact) mass is 338 g/mol. The lowest BCUT2D eigenvalue weighted by molar-refractivity contribution is 0.198. The summed E-state index contributed by atoms with van der Waals surface area (Å²) in [6.07, 6.45) is 2.61. The number of amides is 2. The summed E-state index contributed by atoms with van der Waals surface area (Å²) >= 11 is 0. The third-order valence-electron chi connectivity index (χ3n) is 3.69. The molecule has 0 unspecified atom stereocenters. The Kier molecular flexibility index (Phi) is 8.83. The Morgan fingerprint density at radius 3 is 1.96 bits per heavy atom. The summed E-state index contributed by atoms with van der Waals surface area (Å²) in [6.45, 7) is 6.27. The average molecular weight is 338 g/mol. The molecule has 136 valence electrons. The first-order chi connectivity index (χ1) is 11.6. The second kappa shape index (κ2) is 10.6. The zero-order valence-electron chi connectivity index (χ0n) is 15.5. The van der Waals surface area contributed by atoms with Crippen LogP contribution >= 0.6 is 0 Å². The topological polar surface area (TPSA) is 60.0 Å². The minimum absolute atomic E-state index is 0.00820. The minimum atomic E-state index is -0.00820. The predicted octanol–water partition coefficient (Wildman–Crippen LogP) is 3.09. The number of rotatable bonds is 10. The van der Waals surface area contributed by atoms with Crippen LogP contribution in [-0.4, -0.2) is 51.9 Å². The summed E-state index contributed by atoms with van der Waals surface area (Å²) in [5.41, 5.74) is 1.02. The Labute approximate surface area is 145 Å². The van der Waals surface area contributed by atoms with Gasteiger partial charge in [-0.15, -0.1) is 0 Å². The van der Waals surface area contributed by atoms with Gasteiger partial charge in [-0.05, 0) is 37.0 Å². The third kappa shape index (κ3) is 5.51. The molecule has 0 heterocycles. The van der Waals surface area contributed by atoms with Crippen LogP contribution in [0, 0.1) is 0 Å². The number of nitrogens with one attached hydrogen (secondary N) is 1. The molecule has 0 aliphatic carbocycles. The highest BCUT2D eigenvalue weighted by Crippen LogP contribution is 2.38. The van der Waals surface area contributed by atoms with E-state index in [9.17, 15) is 4.79 Å². The average Bonchev–Trinajstić information content (AvgIpc) is 2.60. The van der Waals surface area contributed by atoms with Gasteiger partial charge in [0.05, 0.1) is 21.3 Å². The normalized spacial score (nSPS) is 10.2. The van der Waals surface area contributed by atoms with Gasteiger partial charge in [-0.25, -0.2) is 4.79 Å². The highest BCUT2D eigenvalue weighted by molar-refractivity contribution is 5.74. The molecular formula is C18H30N2O4. The van der Waals surface area contributed by atoms with E-state index in [4.69, 9.17) is 14.2 Å². The summed E-state index contributed by atoms with van der Waals surface area (Å²) in [4.78, 5) is 14.1. The molecule has 0 aromatic heterocycles. The number of hydrogen-bond donors (Lipinski definition) is 1. The first-order valence-corrected chi connectivity index (χ1v) is 8.42. The van der Waals surface area contributed by atoms with Gasteiger partial charge in [-0.3, -0.25) is 0 Å². The molecule has 0 radical (unpaired) electrons. The fourth-order valence-electron chi connectivity index (χ4n) is 2.56. The van der Waals surface area contributed by atoms with Crippen molar-refractivity contribution >= 4 is 6.03 Å². The fraction of sp³-hybridized carbons (Fsp3) is 0.611. The molecule has 1 N–H and O–H groups in total. The van der Waals surface area contributed by atoms with Gasteiger partial charge in [0.25, 0.3) is 0 Å². The second-order valence-corrected chi connectivity index (χ2v) is 5.50. The van der Waals surface area contributed by atoms with Crippen LogP contribution < -0.4 is 19.5 Å². The molecule has 0 aliphatic rings. The highest BCUT2D eigenvalue weighted by Gasteiger charge is 2.14. The molecule has 0 bridgehead atoms. The Hall–Kier alpha value is -2.11. The number of carbonyl (C=O) groups excluding carboxylic acids is 1. The lowest BCUT2D eigenvalue weighted by Crippen LogP contribution is -2.41. The van der Waals surface area contributed by atoms with Crippen molar-refractivity contribution in [3.8, 4) is 17.2 Å². The van der Waals surface area contributed by atoms with Gasteiger partial charge in [0.15, 0.2) is 11.5 Å². The number of ether oxygens (including phenoxy) is 3. The van der Waals surface area contributed by atoms with E-state index in [0.717, 1.165) is 31.5 Å². The van der Waals surface area contributed by atoms with Crippen molar-refractivity contribution in [2.75, 3.05) is 41.0 Å². The molecule has 0 aliphatic heterocycles. The van der Waals surface area contributed by atoms with E-state index >= 15 is 0 Å².